The third-order valence-electron chi connectivity index (χ3n) is 5.95. The van der Waals surface area contributed by atoms with Crippen LogP contribution in [0.25, 0.3) is 0 Å². The molecule has 1 fully saturated rings. The van der Waals surface area contributed by atoms with Gasteiger partial charge < -0.3 is 16.0 Å². The fraction of sp³-hybridized carbons (Fsp3) is 0.375. The Kier molecular flexibility index (Phi) is 6.44. The first-order valence-corrected chi connectivity index (χ1v) is 10.8. The molecule has 2 aromatic carbocycles. The summed E-state index contributed by atoms with van der Waals surface area (Å²) in [7, 11) is 0. The van der Waals surface area contributed by atoms with Gasteiger partial charge >= 0.3 is 0 Å². The van der Waals surface area contributed by atoms with Crippen LogP contribution in [0.1, 0.15) is 46.3 Å². The normalized spacial score (nSPS) is 19.3. The Bertz CT molecular complexity index is 976. The topological polar surface area (TPSA) is 105 Å². The number of hydrogen-bond donors (Lipinski definition) is 3. The Morgan fingerprint density at radius 3 is 2.68 bits per heavy atom. The summed E-state index contributed by atoms with van der Waals surface area (Å²) < 4.78 is 0. The maximum Gasteiger partial charge on any atom is 0.255 e. The van der Waals surface area contributed by atoms with Gasteiger partial charge in [0.2, 0.25) is 11.8 Å². The zero-order valence-corrected chi connectivity index (χ0v) is 17.5. The molecule has 0 spiro atoms. The summed E-state index contributed by atoms with van der Waals surface area (Å²) in [5.41, 5.74) is 10.1. The lowest BCUT2D eigenvalue weighted by atomic mass is 10.0. The van der Waals surface area contributed by atoms with Crippen molar-refractivity contribution in [2.45, 2.75) is 50.9 Å². The fourth-order valence-corrected chi connectivity index (χ4v) is 4.28. The summed E-state index contributed by atoms with van der Waals surface area (Å²) in [6, 6.07) is 15.6. The summed E-state index contributed by atoms with van der Waals surface area (Å²) in [5.74, 6) is -0.802. The first kappa shape index (κ1) is 21.2. The molecule has 162 valence electrons. The molecule has 3 amide bonds. The molecule has 1 saturated heterocycles. The monoisotopic (exact) mass is 420 g/mol. The molecular weight excluding hydrogens is 392 g/mol. The third kappa shape index (κ3) is 5.00. The first-order valence-electron chi connectivity index (χ1n) is 10.8. The molecule has 31 heavy (non-hydrogen) atoms. The zero-order valence-electron chi connectivity index (χ0n) is 17.5. The largest absolute Gasteiger partial charge is 0.327 e. The second-order valence-electron chi connectivity index (χ2n) is 8.31. The minimum Gasteiger partial charge on any atom is -0.327 e. The molecule has 4 rings (SSSR count). The van der Waals surface area contributed by atoms with Crippen molar-refractivity contribution in [1.29, 1.82) is 0 Å². The fourth-order valence-electron chi connectivity index (χ4n) is 4.28. The highest BCUT2D eigenvalue weighted by atomic mass is 16.2. The highest BCUT2D eigenvalue weighted by Gasteiger charge is 2.38. The summed E-state index contributed by atoms with van der Waals surface area (Å²) in [6.07, 6.45) is 2.38. The number of rotatable bonds is 8. The molecule has 2 aromatic rings. The second kappa shape index (κ2) is 9.41. The quantitative estimate of drug-likeness (QED) is 0.443. The van der Waals surface area contributed by atoms with Gasteiger partial charge in [-0.2, -0.15) is 0 Å². The predicted molar refractivity (Wildman–Crippen MR) is 117 cm³/mol. The molecule has 7 nitrogen and oxygen atoms in total. The molecule has 4 N–H and O–H groups in total. The van der Waals surface area contributed by atoms with Crippen molar-refractivity contribution in [3.63, 3.8) is 0 Å². The summed E-state index contributed by atoms with van der Waals surface area (Å²) >= 11 is 0. The van der Waals surface area contributed by atoms with Gasteiger partial charge in [-0.15, -0.1) is 0 Å². The van der Waals surface area contributed by atoms with Crippen LogP contribution in [0.5, 0.6) is 0 Å². The van der Waals surface area contributed by atoms with Gasteiger partial charge in [0.05, 0.1) is 0 Å². The average Bonchev–Trinajstić information content (AvgIpc) is 3.07. The van der Waals surface area contributed by atoms with Crippen molar-refractivity contribution < 1.29 is 14.4 Å². The van der Waals surface area contributed by atoms with E-state index < -0.39 is 6.04 Å². The number of amides is 3. The number of nitrogens with zero attached hydrogens (tertiary/aromatic N) is 1. The maximum atomic E-state index is 12.8. The van der Waals surface area contributed by atoms with E-state index in [0.29, 0.717) is 25.1 Å². The summed E-state index contributed by atoms with van der Waals surface area (Å²) in [6.45, 7) is 1.90. The molecule has 0 aromatic heterocycles. The smallest absolute Gasteiger partial charge is 0.255 e. The minimum absolute atomic E-state index is 0.106. The number of piperidine rings is 1. The van der Waals surface area contributed by atoms with Crippen LogP contribution in [-0.4, -0.2) is 41.2 Å². The molecule has 0 saturated carbocycles. The van der Waals surface area contributed by atoms with E-state index in [1.165, 1.54) is 5.56 Å². The van der Waals surface area contributed by atoms with Crippen molar-refractivity contribution in [2.24, 2.45) is 5.73 Å². The third-order valence-corrected chi connectivity index (χ3v) is 5.95. The van der Waals surface area contributed by atoms with Crippen LogP contribution in [-0.2, 0) is 29.1 Å². The van der Waals surface area contributed by atoms with E-state index in [9.17, 15) is 14.4 Å². The van der Waals surface area contributed by atoms with E-state index in [2.05, 4.69) is 22.8 Å². The molecule has 2 aliphatic rings. The SMILES string of the molecule is NC(CCNCc1ccc2c(c1)CN(C1CCC(=O)NC1=O)C2=O)Cc1ccccc1. The molecule has 2 atom stereocenters. The van der Waals surface area contributed by atoms with Gasteiger partial charge in [-0.05, 0) is 48.6 Å². The Labute approximate surface area is 182 Å². The Hall–Kier alpha value is -3.03. The number of fused-ring (bicyclic) bond motifs is 1. The van der Waals surface area contributed by atoms with Gasteiger partial charge in [-0.25, -0.2) is 0 Å². The number of nitrogens with one attached hydrogen (secondary N) is 2. The van der Waals surface area contributed by atoms with Crippen LogP contribution >= 0.6 is 0 Å². The number of carbonyl (C=O) groups excluding carboxylic acids is 3. The standard InChI is InChI=1S/C24H28N4O3/c25-19(13-16-4-2-1-3-5-16)10-11-26-14-17-6-7-20-18(12-17)15-28(24(20)31)21-8-9-22(29)27-23(21)30/h1-7,12,19,21,26H,8-11,13-15,25H2,(H,27,29,30). The van der Waals surface area contributed by atoms with E-state index in [0.717, 1.165) is 30.5 Å². The van der Waals surface area contributed by atoms with Crippen molar-refractivity contribution in [3.05, 3.63) is 70.8 Å². The average molecular weight is 421 g/mol. The van der Waals surface area contributed by atoms with Gasteiger partial charge in [0.15, 0.2) is 0 Å². The zero-order chi connectivity index (χ0) is 21.8. The first-order chi connectivity index (χ1) is 15.0. The number of benzene rings is 2. The molecule has 2 unspecified atom stereocenters. The Morgan fingerprint density at radius 2 is 1.90 bits per heavy atom. The number of imide groups is 1. The molecule has 7 heteroatoms. The van der Waals surface area contributed by atoms with Gasteiger partial charge in [-0.1, -0.05) is 42.5 Å². The van der Waals surface area contributed by atoms with Gasteiger partial charge in [0.25, 0.3) is 5.91 Å². The number of hydrogen-bond acceptors (Lipinski definition) is 5. The van der Waals surface area contributed by atoms with Crippen LogP contribution in [0.2, 0.25) is 0 Å². The van der Waals surface area contributed by atoms with Crippen molar-refractivity contribution in [2.75, 3.05) is 6.54 Å². The van der Waals surface area contributed by atoms with Crippen LogP contribution in [0.4, 0.5) is 0 Å². The highest BCUT2D eigenvalue weighted by Crippen LogP contribution is 2.28. The molecule has 0 radical (unpaired) electrons. The summed E-state index contributed by atoms with van der Waals surface area (Å²) in [4.78, 5) is 37.9. The van der Waals surface area contributed by atoms with E-state index in [4.69, 9.17) is 5.73 Å². The number of carbonyl (C=O) groups is 3. The van der Waals surface area contributed by atoms with Crippen LogP contribution in [0.3, 0.4) is 0 Å². The Balaban J connectivity index is 1.27. The van der Waals surface area contributed by atoms with Crippen LogP contribution in [0.15, 0.2) is 48.5 Å². The molecule has 0 bridgehead atoms. The lowest BCUT2D eigenvalue weighted by Gasteiger charge is -2.29. The Morgan fingerprint density at radius 1 is 1.10 bits per heavy atom. The van der Waals surface area contributed by atoms with Crippen LogP contribution < -0.4 is 16.4 Å². The van der Waals surface area contributed by atoms with E-state index in [1.807, 2.05) is 36.4 Å². The lowest BCUT2D eigenvalue weighted by molar-refractivity contribution is -0.136. The molecular formula is C24H28N4O3. The summed E-state index contributed by atoms with van der Waals surface area (Å²) in [5, 5.41) is 5.76. The van der Waals surface area contributed by atoms with Crippen molar-refractivity contribution >= 4 is 17.7 Å². The maximum absolute atomic E-state index is 12.8. The van der Waals surface area contributed by atoms with E-state index in [-0.39, 0.29) is 30.2 Å². The van der Waals surface area contributed by atoms with Crippen molar-refractivity contribution in [3.8, 4) is 0 Å². The van der Waals surface area contributed by atoms with Gasteiger partial charge in [0.1, 0.15) is 6.04 Å². The minimum atomic E-state index is -0.578. The van der Waals surface area contributed by atoms with Gasteiger partial charge in [-0.3, -0.25) is 19.7 Å². The predicted octanol–water partition coefficient (Wildman–Crippen LogP) is 1.50. The molecule has 2 heterocycles. The van der Waals surface area contributed by atoms with Crippen molar-refractivity contribution in [1.82, 2.24) is 15.5 Å². The van der Waals surface area contributed by atoms with E-state index >= 15 is 0 Å². The highest BCUT2D eigenvalue weighted by molar-refractivity contribution is 6.05. The lowest BCUT2D eigenvalue weighted by Crippen LogP contribution is -2.52. The molecule has 2 aliphatic heterocycles. The molecule has 0 aliphatic carbocycles. The second-order valence-corrected chi connectivity index (χ2v) is 8.31. The number of nitrogens with two attached hydrogens (primary N) is 1. The van der Waals surface area contributed by atoms with E-state index in [1.54, 1.807) is 4.90 Å². The van der Waals surface area contributed by atoms with Gasteiger partial charge in [0, 0.05) is 31.1 Å². The van der Waals surface area contributed by atoms with Crippen LogP contribution in [0, 0.1) is 0 Å².